The molecule has 0 unspecified atom stereocenters. The molecule has 0 aliphatic carbocycles. The van der Waals surface area contributed by atoms with Crippen molar-refractivity contribution >= 4 is 44.8 Å². The Kier molecular flexibility index (Phi) is 6.85. The van der Waals surface area contributed by atoms with E-state index < -0.39 is 17.6 Å². The molecule has 0 radical (unpaired) electrons. The molecule has 0 saturated heterocycles. The van der Waals surface area contributed by atoms with E-state index in [1.807, 2.05) is 0 Å². The van der Waals surface area contributed by atoms with Crippen LogP contribution < -0.4 is 10.6 Å². The van der Waals surface area contributed by atoms with Gasteiger partial charge in [0, 0.05) is 36.4 Å². The first-order chi connectivity index (χ1) is 16.2. The van der Waals surface area contributed by atoms with Crippen LogP contribution in [0.1, 0.15) is 36.7 Å². The lowest BCUT2D eigenvalue weighted by molar-refractivity contribution is -0.137. The highest BCUT2D eigenvalue weighted by Gasteiger charge is 2.30. The minimum Gasteiger partial charge on any atom is -0.348 e. The van der Waals surface area contributed by atoms with Crippen molar-refractivity contribution in [2.45, 2.75) is 19.3 Å². The van der Waals surface area contributed by atoms with E-state index in [2.05, 4.69) is 15.6 Å². The van der Waals surface area contributed by atoms with Crippen LogP contribution in [0.4, 0.5) is 13.2 Å². The summed E-state index contributed by atoms with van der Waals surface area (Å²) >= 11 is 7.39. The molecule has 0 fully saturated rings. The van der Waals surface area contributed by atoms with Crippen LogP contribution in [-0.2, 0) is 19.3 Å². The fourth-order valence-electron chi connectivity index (χ4n) is 3.27. The molecule has 10 heteroatoms. The second kappa shape index (κ2) is 9.82. The number of alkyl halides is 3. The average Bonchev–Trinajstić information content (AvgIpc) is 3.27. The van der Waals surface area contributed by atoms with E-state index in [1.54, 1.807) is 36.5 Å². The van der Waals surface area contributed by atoms with Crippen LogP contribution in [0, 0.1) is 0 Å². The number of fused-ring (bicyclic) bond motifs is 1. The number of halogens is 4. The first-order valence-corrected chi connectivity index (χ1v) is 11.2. The van der Waals surface area contributed by atoms with Gasteiger partial charge in [-0.1, -0.05) is 35.9 Å². The molecular formula is C24H17ClF3N3O2S. The van der Waals surface area contributed by atoms with Gasteiger partial charge in [-0.05, 0) is 41.5 Å². The standard InChI is InChI=1S/C24H17ClF3N3O2S/c25-19-12-29-13-21-18(19)9-20(34-21)23(33)31-10-14-3-1-5-16(7-14)22(32)30-11-15-4-2-6-17(8-15)24(26,27)28/h1-9,12-13H,10-11H2,(H,30,32)(H,31,33). The number of carbonyl (C=O) groups excluding carboxylic acids is 2. The van der Waals surface area contributed by atoms with Gasteiger partial charge in [0.25, 0.3) is 11.8 Å². The zero-order valence-corrected chi connectivity index (χ0v) is 19.0. The molecular weight excluding hydrogens is 487 g/mol. The van der Waals surface area contributed by atoms with Crippen molar-refractivity contribution in [3.05, 3.63) is 99.1 Å². The molecule has 34 heavy (non-hydrogen) atoms. The van der Waals surface area contributed by atoms with Crippen LogP contribution in [0.2, 0.25) is 5.02 Å². The highest BCUT2D eigenvalue weighted by atomic mass is 35.5. The van der Waals surface area contributed by atoms with Crippen molar-refractivity contribution in [3.8, 4) is 0 Å². The first-order valence-electron chi connectivity index (χ1n) is 10.1. The molecule has 2 aromatic carbocycles. The van der Waals surface area contributed by atoms with Crippen molar-refractivity contribution in [1.29, 1.82) is 0 Å². The number of hydrogen-bond acceptors (Lipinski definition) is 4. The van der Waals surface area contributed by atoms with Gasteiger partial charge in [-0.2, -0.15) is 13.2 Å². The lowest BCUT2D eigenvalue weighted by atomic mass is 10.1. The molecule has 2 amide bonds. The second-order valence-corrected chi connectivity index (χ2v) is 8.90. The maximum atomic E-state index is 12.9. The molecule has 4 aromatic rings. The highest BCUT2D eigenvalue weighted by Crippen LogP contribution is 2.30. The van der Waals surface area contributed by atoms with E-state index in [4.69, 9.17) is 11.6 Å². The zero-order chi connectivity index (χ0) is 24.3. The van der Waals surface area contributed by atoms with Crippen molar-refractivity contribution in [2.75, 3.05) is 0 Å². The zero-order valence-electron chi connectivity index (χ0n) is 17.4. The minimum atomic E-state index is -4.45. The van der Waals surface area contributed by atoms with E-state index in [0.29, 0.717) is 26.6 Å². The largest absolute Gasteiger partial charge is 0.416 e. The molecule has 2 N–H and O–H groups in total. The summed E-state index contributed by atoms with van der Waals surface area (Å²) in [6, 6.07) is 13.1. The Bertz CT molecular complexity index is 1370. The van der Waals surface area contributed by atoms with Crippen LogP contribution in [-0.4, -0.2) is 16.8 Å². The lowest BCUT2D eigenvalue weighted by Crippen LogP contribution is -2.24. The number of hydrogen-bond donors (Lipinski definition) is 2. The molecule has 0 aliphatic rings. The Morgan fingerprint density at radius 1 is 0.912 bits per heavy atom. The van der Waals surface area contributed by atoms with Crippen LogP contribution >= 0.6 is 22.9 Å². The summed E-state index contributed by atoms with van der Waals surface area (Å²) < 4.78 is 39.4. The van der Waals surface area contributed by atoms with Gasteiger partial charge in [-0.3, -0.25) is 14.6 Å². The molecule has 0 aliphatic heterocycles. The van der Waals surface area contributed by atoms with Crippen LogP contribution in [0.3, 0.4) is 0 Å². The van der Waals surface area contributed by atoms with E-state index >= 15 is 0 Å². The number of benzene rings is 2. The molecule has 2 heterocycles. The van der Waals surface area contributed by atoms with Crippen molar-refractivity contribution < 1.29 is 22.8 Å². The van der Waals surface area contributed by atoms with E-state index in [1.165, 1.54) is 29.7 Å². The summed E-state index contributed by atoms with van der Waals surface area (Å²) in [7, 11) is 0. The number of rotatable bonds is 6. The predicted molar refractivity (Wildman–Crippen MR) is 125 cm³/mol. The topological polar surface area (TPSA) is 71.1 Å². The molecule has 2 aromatic heterocycles. The predicted octanol–water partition coefficient (Wildman–Crippen LogP) is 5.83. The maximum Gasteiger partial charge on any atom is 0.416 e. The Labute approximate surface area is 201 Å². The molecule has 0 bridgehead atoms. The number of nitrogens with one attached hydrogen (secondary N) is 2. The number of aromatic nitrogens is 1. The molecule has 0 spiro atoms. The van der Waals surface area contributed by atoms with Gasteiger partial charge in [-0.15, -0.1) is 11.3 Å². The second-order valence-electron chi connectivity index (χ2n) is 7.41. The Morgan fingerprint density at radius 3 is 2.29 bits per heavy atom. The third kappa shape index (κ3) is 5.55. The monoisotopic (exact) mass is 503 g/mol. The molecule has 0 saturated carbocycles. The van der Waals surface area contributed by atoms with E-state index in [-0.39, 0.29) is 19.0 Å². The van der Waals surface area contributed by atoms with E-state index in [0.717, 1.165) is 22.2 Å². The summed E-state index contributed by atoms with van der Waals surface area (Å²) in [5.74, 6) is -0.714. The summed E-state index contributed by atoms with van der Waals surface area (Å²) in [5, 5.41) is 6.66. The molecule has 5 nitrogen and oxygen atoms in total. The maximum absolute atomic E-state index is 12.9. The van der Waals surface area contributed by atoms with Crippen molar-refractivity contribution in [2.24, 2.45) is 0 Å². The number of amides is 2. The van der Waals surface area contributed by atoms with Gasteiger partial charge in [0.05, 0.1) is 20.2 Å². The molecule has 174 valence electrons. The smallest absolute Gasteiger partial charge is 0.348 e. The summed E-state index contributed by atoms with van der Waals surface area (Å²) in [4.78, 5) is 29.6. The fraction of sp³-hybridized carbons (Fsp3) is 0.125. The Morgan fingerprint density at radius 2 is 1.59 bits per heavy atom. The van der Waals surface area contributed by atoms with Gasteiger partial charge in [0.2, 0.25) is 0 Å². The van der Waals surface area contributed by atoms with Crippen molar-refractivity contribution in [1.82, 2.24) is 15.6 Å². The molecule has 4 rings (SSSR count). The summed E-state index contributed by atoms with van der Waals surface area (Å²) in [5.41, 5.74) is 0.596. The summed E-state index contributed by atoms with van der Waals surface area (Å²) in [6.07, 6.45) is -1.29. The van der Waals surface area contributed by atoms with Crippen molar-refractivity contribution in [3.63, 3.8) is 0 Å². The van der Waals surface area contributed by atoms with Crippen LogP contribution in [0.15, 0.2) is 67.0 Å². The SMILES string of the molecule is O=C(NCc1cccc(C(F)(F)F)c1)c1cccc(CNC(=O)c2cc3c(Cl)cncc3s2)c1. The van der Waals surface area contributed by atoms with Gasteiger partial charge >= 0.3 is 6.18 Å². The van der Waals surface area contributed by atoms with Gasteiger partial charge in [0.1, 0.15) is 0 Å². The van der Waals surface area contributed by atoms with Crippen LogP contribution in [0.5, 0.6) is 0 Å². The average molecular weight is 504 g/mol. The normalized spacial score (nSPS) is 11.4. The minimum absolute atomic E-state index is 0.0485. The number of pyridine rings is 1. The summed E-state index contributed by atoms with van der Waals surface area (Å²) in [6.45, 7) is 0.140. The van der Waals surface area contributed by atoms with Gasteiger partial charge in [0.15, 0.2) is 0 Å². The fourth-order valence-corrected chi connectivity index (χ4v) is 4.51. The quantitative estimate of drug-likeness (QED) is 0.348. The highest BCUT2D eigenvalue weighted by molar-refractivity contribution is 7.20. The van der Waals surface area contributed by atoms with Crippen LogP contribution in [0.25, 0.3) is 10.1 Å². The first kappa shape index (κ1) is 23.7. The number of nitrogens with zero attached hydrogens (tertiary/aromatic N) is 1. The number of carbonyl (C=O) groups is 2. The Balaban J connectivity index is 1.37. The third-order valence-electron chi connectivity index (χ3n) is 4.97. The van der Waals surface area contributed by atoms with Gasteiger partial charge in [-0.25, -0.2) is 0 Å². The van der Waals surface area contributed by atoms with E-state index in [9.17, 15) is 22.8 Å². The molecule has 0 atom stereocenters. The third-order valence-corrected chi connectivity index (χ3v) is 6.34. The van der Waals surface area contributed by atoms with Gasteiger partial charge < -0.3 is 10.6 Å². The Hall–Kier alpha value is -3.43. The lowest BCUT2D eigenvalue weighted by Gasteiger charge is -2.10. The number of thiophene rings is 1.